The molecule has 2 spiro atoms. The minimum atomic E-state index is -0.667. The highest BCUT2D eigenvalue weighted by molar-refractivity contribution is 5.95. The van der Waals surface area contributed by atoms with E-state index in [9.17, 15) is 0 Å². The zero-order chi connectivity index (χ0) is 36.8. The molecule has 12 rings (SSSR count). The van der Waals surface area contributed by atoms with E-state index in [0.717, 1.165) is 16.7 Å². The van der Waals surface area contributed by atoms with Crippen LogP contribution in [0, 0.1) is 0 Å². The minimum absolute atomic E-state index is 0.593. The van der Waals surface area contributed by atoms with Crippen molar-refractivity contribution >= 4 is 0 Å². The number of benzene rings is 8. The molecule has 0 aliphatic heterocycles. The molecule has 0 fully saturated rings. The number of hydrogen-bond donors (Lipinski definition) is 0. The summed E-state index contributed by atoms with van der Waals surface area (Å²) in [5.41, 5.74) is 16.9. The lowest BCUT2D eigenvalue weighted by Crippen LogP contribution is -2.44. The van der Waals surface area contributed by atoms with Gasteiger partial charge in [0.05, 0.1) is 10.8 Å². The second-order valence-electron chi connectivity index (χ2n) is 15.0. The summed E-state index contributed by atoms with van der Waals surface area (Å²) in [5, 5.41) is 0. The van der Waals surface area contributed by atoms with Gasteiger partial charge in [0.15, 0.2) is 17.5 Å². The Hall–Kier alpha value is -7.23. The molecule has 0 atom stereocenters. The fourth-order valence-electron chi connectivity index (χ4n) is 10.4. The summed E-state index contributed by atoms with van der Waals surface area (Å²) < 4.78 is 0. The van der Waals surface area contributed by atoms with Gasteiger partial charge in [0.25, 0.3) is 0 Å². The molecule has 56 heavy (non-hydrogen) atoms. The fraction of sp³-hybridized carbons (Fsp3) is 0.0377. The molecule has 0 saturated carbocycles. The third-order valence-electron chi connectivity index (χ3n) is 12.4. The first kappa shape index (κ1) is 31.2. The van der Waals surface area contributed by atoms with Crippen LogP contribution in [0.5, 0.6) is 0 Å². The highest BCUT2D eigenvalue weighted by atomic mass is 15.0. The van der Waals surface area contributed by atoms with Crippen LogP contribution in [0.3, 0.4) is 0 Å². The third kappa shape index (κ3) is 3.94. The zero-order valence-electron chi connectivity index (χ0n) is 30.4. The summed E-state index contributed by atoms with van der Waals surface area (Å²) in [7, 11) is 0. The second-order valence-corrected chi connectivity index (χ2v) is 15.0. The van der Waals surface area contributed by atoms with Crippen molar-refractivity contribution in [3.63, 3.8) is 0 Å². The van der Waals surface area contributed by atoms with Gasteiger partial charge in [0.1, 0.15) is 0 Å². The first-order valence-electron chi connectivity index (χ1n) is 19.3. The van der Waals surface area contributed by atoms with E-state index in [4.69, 9.17) is 15.0 Å². The molecule has 1 heterocycles. The van der Waals surface area contributed by atoms with Crippen LogP contribution in [0.1, 0.15) is 44.5 Å². The third-order valence-corrected chi connectivity index (χ3v) is 12.4. The van der Waals surface area contributed by atoms with Gasteiger partial charge in [0.2, 0.25) is 0 Å². The SMILES string of the molecule is c1ccc(-c2nc(-c3ccccc3)nc(-c3cccc4c3C3(c5ccccc5-c5ccccc53)c3ccccc3C43c4ccccc4-c4ccccc43)n2)cc1. The molecule has 3 aliphatic carbocycles. The first-order valence-corrected chi connectivity index (χ1v) is 19.3. The van der Waals surface area contributed by atoms with E-state index in [-0.39, 0.29) is 0 Å². The number of nitrogens with zero attached hydrogens (tertiary/aromatic N) is 3. The van der Waals surface area contributed by atoms with Crippen molar-refractivity contribution in [3.8, 4) is 56.4 Å². The maximum atomic E-state index is 5.41. The Labute approximate surface area is 325 Å². The Kier molecular flexibility index (Phi) is 6.47. The van der Waals surface area contributed by atoms with E-state index in [1.54, 1.807) is 0 Å². The Morgan fingerprint density at radius 2 is 0.554 bits per heavy atom. The topological polar surface area (TPSA) is 38.7 Å². The van der Waals surface area contributed by atoms with Gasteiger partial charge in [-0.05, 0) is 66.8 Å². The lowest BCUT2D eigenvalue weighted by Gasteiger charge is -2.49. The monoisotopic (exact) mass is 711 g/mol. The van der Waals surface area contributed by atoms with Crippen molar-refractivity contribution in [2.45, 2.75) is 10.8 Å². The van der Waals surface area contributed by atoms with Gasteiger partial charge in [-0.3, -0.25) is 0 Å². The lowest BCUT2D eigenvalue weighted by molar-refractivity contribution is 0.633. The number of aromatic nitrogens is 3. The molecule has 8 aromatic carbocycles. The summed E-state index contributed by atoms with van der Waals surface area (Å²) in [6, 6.07) is 72.7. The second kappa shape index (κ2) is 11.6. The Morgan fingerprint density at radius 3 is 1.02 bits per heavy atom. The maximum Gasteiger partial charge on any atom is 0.164 e. The summed E-state index contributed by atoms with van der Waals surface area (Å²) in [4.78, 5) is 15.9. The molecule has 3 aliphatic rings. The molecule has 1 aromatic heterocycles. The van der Waals surface area contributed by atoms with Gasteiger partial charge < -0.3 is 0 Å². The predicted molar refractivity (Wildman–Crippen MR) is 224 cm³/mol. The molecule has 0 bridgehead atoms. The van der Waals surface area contributed by atoms with Gasteiger partial charge in [-0.1, -0.05) is 200 Å². The Balaban J connectivity index is 1.29. The summed E-state index contributed by atoms with van der Waals surface area (Å²) in [6.45, 7) is 0. The zero-order valence-corrected chi connectivity index (χ0v) is 30.4. The molecule has 0 radical (unpaired) electrons. The normalized spacial score (nSPS) is 14.4. The highest BCUT2D eigenvalue weighted by Gasteiger charge is 2.59. The van der Waals surface area contributed by atoms with E-state index < -0.39 is 10.8 Å². The number of hydrogen-bond acceptors (Lipinski definition) is 3. The van der Waals surface area contributed by atoms with Gasteiger partial charge in [-0.2, -0.15) is 0 Å². The molecule has 260 valence electrons. The maximum absolute atomic E-state index is 5.41. The van der Waals surface area contributed by atoms with Crippen molar-refractivity contribution in [3.05, 3.63) is 245 Å². The van der Waals surface area contributed by atoms with E-state index in [0.29, 0.717) is 17.5 Å². The van der Waals surface area contributed by atoms with E-state index in [2.05, 4.69) is 164 Å². The van der Waals surface area contributed by atoms with Crippen LogP contribution in [0.25, 0.3) is 56.4 Å². The van der Waals surface area contributed by atoms with Crippen LogP contribution >= 0.6 is 0 Å². The number of fused-ring (bicyclic) bond motifs is 16. The van der Waals surface area contributed by atoms with Crippen molar-refractivity contribution in [1.29, 1.82) is 0 Å². The molecule has 0 saturated heterocycles. The highest BCUT2D eigenvalue weighted by Crippen LogP contribution is 2.68. The standard InChI is InChI=1S/C53H33N3/c1-3-18-34(19-4-1)49-54-50(35-20-5-2-6-21-35)56-51(55-49)40-26-17-33-47-48(40)53(43-29-13-9-24-38(43)39-25-10-14-30-44(39)53)46-32-16-15-31-45(46)52(47)41-27-11-7-22-36(41)37-23-8-12-28-42(37)52/h1-33H. The van der Waals surface area contributed by atoms with Gasteiger partial charge >= 0.3 is 0 Å². The van der Waals surface area contributed by atoms with Crippen molar-refractivity contribution in [2.24, 2.45) is 0 Å². The van der Waals surface area contributed by atoms with E-state index in [1.807, 2.05) is 36.4 Å². The molecule has 3 heteroatoms. The van der Waals surface area contributed by atoms with E-state index >= 15 is 0 Å². The Morgan fingerprint density at radius 1 is 0.232 bits per heavy atom. The van der Waals surface area contributed by atoms with Gasteiger partial charge in [-0.25, -0.2) is 15.0 Å². The predicted octanol–water partition coefficient (Wildman–Crippen LogP) is 11.9. The summed E-state index contributed by atoms with van der Waals surface area (Å²) in [6.07, 6.45) is 0. The average molecular weight is 712 g/mol. The Bertz CT molecular complexity index is 2890. The summed E-state index contributed by atoms with van der Waals surface area (Å²) >= 11 is 0. The number of rotatable bonds is 3. The van der Waals surface area contributed by atoms with Crippen LogP contribution in [0.15, 0.2) is 200 Å². The van der Waals surface area contributed by atoms with Crippen LogP contribution in [-0.2, 0) is 10.8 Å². The largest absolute Gasteiger partial charge is 0.208 e. The molecule has 3 nitrogen and oxygen atoms in total. The molecule has 0 N–H and O–H groups in total. The minimum Gasteiger partial charge on any atom is -0.208 e. The van der Waals surface area contributed by atoms with E-state index in [1.165, 1.54) is 66.8 Å². The molecular formula is C53H33N3. The summed E-state index contributed by atoms with van der Waals surface area (Å²) in [5.74, 6) is 1.96. The van der Waals surface area contributed by atoms with Crippen molar-refractivity contribution in [2.75, 3.05) is 0 Å². The van der Waals surface area contributed by atoms with Gasteiger partial charge in [-0.15, -0.1) is 0 Å². The first-order chi connectivity index (χ1) is 27.8. The molecule has 0 unspecified atom stereocenters. The lowest BCUT2D eigenvalue weighted by atomic mass is 9.51. The fourth-order valence-corrected chi connectivity index (χ4v) is 10.4. The van der Waals surface area contributed by atoms with Crippen LogP contribution in [0.2, 0.25) is 0 Å². The van der Waals surface area contributed by atoms with Crippen molar-refractivity contribution in [1.82, 2.24) is 15.0 Å². The molecular weight excluding hydrogens is 679 g/mol. The molecule has 9 aromatic rings. The smallest absolute Gasteiger partial charge is 0.164 e. The van der Waals surface area contributed by atoms with Crippen molar-refractivity contribution < 1.29 is 0 Å². The van der Waals surface area contributed by atoms with Crippen LogP contribution < -0.4 is 0 Å². The van der Waals surface area contributed by atoms with Crippen LogP contribution in [0.4, 0.5) is 0 Å². The molecule has 0 amide bonds. The average Bonchev–Trinajstić information content (AvgIpc) is 3.74. The van der Waals surface area contributed by atoms with Gasteiger partial charge in [0, 0.05) is 16.7 Å². The van der Waals surface area contributed by atoms with Crippen LogP contribution in [-0.4, -0.2) is 15.0 Å². The quantitative estimate of drug-likeness (QED) is 0.183.